The number of ether oxygens (including phenoxy) is 1. The number of para-hydroxylation sites is 1. The van der Waals surface area contributed by atoms with Gasteiger partial charge in [0.15, 0.2) is 0 Å². The van der Waals surface area contributed by atoms with E-state index in [-0.39, 0.29) is 12.5 Å². The normalized spacial score (nSPS) is 10.7. The summed E-state index contributed by atoms with van der Waals surface area (Å²) in [6.45, 7) is 3.41. The van der Waals surface area contributed by atoms with E-state index in [9.17, 15) is 4.79 Å². The highest BCUT2D eigenvalue weighted by molar-refractivity contribution is 5.81. The minimum absolute atomic E-state index is 0.202. The zero-order chi connectivity index (χ0) is 14.2. The number of rotatable bonds is 7. The molecule has 0 fully saturated rings. The molecule has 0 aliphatic carbocycles. The first kappa shape index (κ1) is 14.5. The number of aromatic nitrogens is 1. The zero-order valence-corrected chi connectivity index (χ0v) is 11.8. The summed E-state index contributed by atoms with van der Waals surface area (Å²) < 4.78 is 5.09. The molecule has 106 valence electrons. The zero-order valence-electron chi connectivity index (χ0n) is 11.8. The fourth-order valence-corrected chi connectivity index (χ4v) is 1.99. The second-order valence-electron chi connectivity index (χ2n) is 4.67. The summed E-state index contributed by atoms with van der Waals surface area (Å²) in [6.07, 6.45) is 3.73. The maximum atomic E-state index is 11.5. The second kappa shape index (κ2) is 7.60. The highest BCUT2D eigenvalue weighted by atomic mass is 16.5. The lowest BCUT2D eigenvalue weighted by Crippen LogP contribution is -2.24. The Kier molecular flexibility index (Phi) is 5.50. The number of nitrogens with zero attached hydrogens (tertiary/aromatic N) is 1. The van der Waals surface area contributed by atoms with E-state index in [1.165, 1.54) is 0 Å². The van der Waals surface area contributed by atoms with Crippen molar-refractivity contribution in [1.82, 2.24) is 10.3 Å². The van der Waals surface area contributed by atoms with Gasteiger partial charge < -0.3 is 10.1 Å². The Balaban J connectivity index is 1.85. The van der Waals surface area contributed by atoms with Gasteiger partial charge >= 0.3 is 5.97 Å². The number of carbonyl (C=O) groups is 1. The minimum Gasteiger partial charge on any atom is -0.465 e. The molecule has 0 aliphatic heterocycles. The van der Waals surface area contributed by atoms with Gasteiger partial charge in [0, 0.05) is 18.1 Å². The Morgan fingerprint density at radius 2 is 2.15 bits per heavy atom. The third kappa shape index (κ3) is 4.03. The van der Waals surface area contributed by atoms with Crippen LogP contribution in [0.15, 0.2) is 36.5 Å². The molecule has 1 aromatic heterocycles. The van der Waals surface area contributed by atoms with E-state index in [1.54, 1.807) is 6.20 Å². The van der Waals surface area contributed by atoms with Crippen molar-refractivity contribution in [2.75, 3.05) is 13.2 Å². The molecule has 4 nitrogen and oxygen atoms in total. The summed E-state index contributed by atoms with van der Waals surface area (Å²) >= 11 is 0. The third-order valence-corrected chi connectivity index (χ3v) is 3.06. The van der Waals surface area contributed by atoms with Crippen molar-refractivity contribution in [3.63, 3.8) is 0 Å². The van der Waals surface area contributed by atoms with Gasteiger partial charge in [-0.2, -0.15) is 0 Å². The van der Waals surface area contributed by atoms with Crippen LogP contribution >= 0.6 is 0 Å². The number of fused-ring (bicyclic) bond motifs is 1. The van der Waals surface area contributed by atoms with Gasteiger partial charge in [0.2, 0.25) is 0 Å². The van der Waals surface area contributed by atoms with Crippen LogP contribution in [0.1, 0.15) is 25.3 Å². The van der Waals surface area contributed by atoms with E-state index in [2.05, 4.69) is 17.2 Å². The van der Waals surface area contributed by atoms with E-state index in [1.807, 2.05) is 30.3 Å². The number of hydrogen-bond acceptors (Lipinski definition) is 4. The summed E-state index contributed by atoms with van der Waals surface area (Å²) in [5, 5.41) is 4.21. The average Bonchev–Trinajstić information content (AvgIpc) is 2.48. The Morgan fingerprint density at radius 1 is 1.30 bits per heavy atom. The van der Waals surface area contributed by atoms with Crippen LogP contribution in [0.5, 0.6) is 0 Å². The number of hydrogen-bond donors (Lipinski definition) is 1. The van der Waals surface area contributed by atoms with E-state index < -0.39 is 0 Å². The summed E-state index contributed by atoms with van der Waals surface area (Å²) in [7, 11) is 0. The number of carbonyl (C=O) groups excluding carboxylic acids is 1. The van der Waals surface area contributed by atoms with E-state index in [4.69, 9.17) is 4.74 Å². The Hall–Kier alpha value is -1.94. The molecule has 0 atom stereocenters. The summed E-state index contributed by atoms with van der Waals surface area (Å²) in [4.78, 5) is 15.9. The predicted molar refractivity (Wildman–Crippen MR) is 79.3 cm³/mol. The number of nitrogens with one attached hydrogen (secondary N) is 1. The van der Waals surface area contributed by atoms with Gasteiger partial charge in [0.1, 0.15) is 0 Å². The fraction of sp³-hybridized carbons (Fsp3) is 0.375. The molecule has 0 unspecified atom stereocenters. The monoisotopic (exact) mass is 272 g/mol. The number of esters is 1. The Morgan fingerprint density at radius 3 is 3.00 bits per heavy atom. The molecule has 0 amide bonds. The number of pyridine rings is 1. The SMILES string of the molecule is CCCCOC(=O)CNCc1cccc2cccnc12. The Bertz CT molecular complexity index is 564. The number of unbranched alkanes of at least 4 members (excludes halogenated alkanes) is 1. The highest BCUT2D eigenvalue weighted by Gasteiger charge is 2.04. The lowest BCUT2D eigenvalue weighted by atomic mass is 10.1. The summed E-state index contributed by atoms with van der Waals surface area (Å²) in [6, 6.07) is 10.0. The van der Waals surface area contributed by atoms with Crippen LogP contribution in [0.25, 0.3) is 10.9 Å². The first-order valence-corrected chi connectivity index (χ1v) is 7.00. The lowest BCUT2D eigenvalue weighted by molar-refractivity contribution is -0.142. The standard InChI is InChI=1S/C16H20N2O2/c1-2-3-10-20-15(19)12-17-11-14-7-4-6-13-8-5-9-18-16(13)14/h4-9,17H,2-3,10-12H2,1H3. The number of benzene rings is 1. The van der Waals surface area contributed by atoms with E-state index in [0.29, 0.717) is 13.2 Å². The van der Waals surface area contributed by atoms with Gasteiger partial charge in [0.05, 0.1) is 18.7 Å². The van der Waals surface area contributed by atoms with Crippen molar-refractivity contribution < 1.29 is 9.53 Å². The molecule has 0 saturated carbocycles. The molecule has 0 radical (unpaired) electrons. The van der Waals surface area contributed by atoms with Gasteiger partial charge in [0.25, 0.3) is 0 Å². The lowest BCUT2D eigenvalue weighted by Gasteiger charge is -2.07. The predicted octanol–water partition coefficient (Wildman–Crippen LogP) is 2.67. The molecule has 4 heteroatoms. The second-order valence-corrected chi connectivity index (χ2v) is 4.67. The molecule has 1 heterocycles. The van der Waals surface area contributed by atoms with Gasteiger partial charge in [-0.05, 0) is 18.1 Å². The van der Waals surface area contributed by atoms with Crippen LogP contribution < -0.4 is 5.32 Å². The van der Waals surface area contributed by atoms with Crippen LogP contribution in [0, 0.1) is 0 Å². The topological polar surface area (TPSA) is 51.2 Å². The summed E-state index contributed by atoms with van der Waals surface area (Å²) in [5.41, 5.74) is 2.06. The van der Waals surface area contributed by atoms with Crippen molar-refractivity contribution in [2.24, 2.45) is 0 Å². The third-order valence-electron chi connectivity index (χ3n) is 3.06. The minimum atomic E-state index is -0.202. The van der Waals surface area contributed by atoms with Crippen LogP contribution in [-0.2, 0) is 16.1 Å². The van der Waals surface area contributed by atoms with Crippen LogP contribution in [0.3, 0.4) is 0 Å². The van der Waals surface area contributed by atoms with Gasteiger partial charge in [-0.25, -0.2) is 0 Å². The van der Waals surface area contributed by atoms with Crippen molar-refractivity contribution in [3.8, 4) is 0 Å². The largest absolute Gasteiger partial charge is 0.465 e. The van der Waals surface area contributed by atoms with Gasteiger partial charge in [-0.15, -0.1) is 0 Å². The van der Waals surface area contributed by atoms with Crippen LogP contribution in [-0.4, -0.2) is 24.1 Å². The molecule has 2 aromatic rings. The first-order valence-electron chi connectivity index (χ1n) is 7.00. The maximum absolute atomic E-state index is 11.5. The molecule has 20 heavy (non-hydrogen) atoms. The quantitative estimate of drug-likeness (QED) is 0.622. The molecule has 1 aromatic carbocycles. The molecule has 0 bridgehead atoms. The summed E-state index contributed by atoms with van der Waals surface area (Å²) in [5.74, 6) is -0.202. The molecule has 0 spiro atoms. The van der Waals surface area contributed by atoms with Crippen LogP contribution in [0.2, 0.25) is 0 Å². The molecular formula is C16H20N2O2. The smallest absolute Gasteiger partial charge is 0.319 e. The molecule has 2 rings (SSSR count). The van der Waals surface area contributed by atoms with Crippen molar-refractivity contribution >= 4 is 16.9 Å². The van der Waals surface area contributed by atoms with Crippen molar-refractivity contribution in [1.29, 1.82) is 0 Å². The van der Waals surface area contributed by atoms with Gasteiger partial charge in [-0.1, -0.05) is 37.6 Å². The molecule has 0 aliphatic rings. The average molecular weight is 272 g/mol. The van der Waals surface area contributed by atoms with Crippen LogP contribution in [0.4, 0.5) is 0 Å². The van der Waals surface area contributed by atoms with E-state index in [0.717, 1.165) is 29.3 Å². The van der Waals surface area contributed by atoms with Crippen molar-refractivity contribution in [2.45, 2.75) is 26.3 Å². The molecular weight excluding hydrogens is 252 g/mol. The fourth-order valence-electron chi connectivity index (χ4n) is 1.99. The molecule has 0 saturated heterocycles. The Labute approximate surface area is 119 Å². The van der Waals surface area contributed by atoms with Gasteiger partial charge in [-0.3, -0.25) is 9.78 Å². The highest BCUT2D eigenvalue weighted by Crippen LogP contribution is 2.15. The van der Waals surface area contributed by atoms with Crippen molar-refractivity contribution in [3.05, 3.63) is 42.1 Å². The maximum Gasteiger partial charge on any atom is 0.319 e. The first-order chi connectivity index (χ1) is 9.81. The molecule has 1 N–H and O–H groups in total. The van der Waals surface area contributed by atoms with E-state index >= 15 is 0 Å².